The quantitative estimate of drug-likeness (QED) is 0.0503. The van der Waals surface area contributed by atoms with Crippen molar-refractivity contribution < 1.29 is 23.9 Å². The fraction of sp³-hybridized carbons (Fsp3) is 0.930. The summed E-state index contributed by atoms with van der Waals surface area (Å²) in [6.45, 7) is 10.4. The summed E-state index contributed by atoms with van der Waals surface area (Å²) in [5, 5.41) is 0. The van der Waals surface area contributed by atoms with E-state index < -0.39 is 11.5 Å². The van der Waals surface area contributed by atoms with Crippen LogP contribution in [0.2, 0.25) is 0 Å². The molecule has 0 aromatic heterocycles. The number of carbonyl (C=O) groups excluding carboxylic acids is 3. The maximum atomic E-state index is 12.7. The highest BCUT2D eigenvalue weighted by molar-refractivity contribution is 7.99. The minimum absolute atomic E-state index is 0.0306. The Balaban J connectivity index is 4.26. The van der Waals surface area contributed by atoms with Crippen LogP contribution >= 0.6 is 11.8 Å². The van der Waals surface area contributed by atoms with Crippen LogP contribution in [0.5, 0.6) is 0 Å². The van der Waals surface area contributed by atoms with E-state index >= 15 is 0 Å². The van der Waals surface area contributed by atoms with Crippen molar-refractivity contribution in [2.45, 2.75) is 233 Å². The fourth-order valence-electron chi connectivity index (χ4n) is 6.33. The van der Waals surface area contributed by atoms with E-state index in [0.717, 1.165) is 32.1 Å². The van der Waals surface area contributed by atoms with Gasteiger partial charge in [-0.05, 0) is 12.8 Å². The lowest BCUT2D eigenvalue weighted by Gasteiger charge is -2.22. The molecule has 0 fully saturated rings. The SMILES string of the molecule is CCCCCCCCCCCCCCCC(=O)OCC[C@H](CSC[C@H](N)C(=O)C(C)(C)C)OC(=O)CCCCCCCCCCCCCCC. The number of carbonyl (C=O) groups is 3. The second-order valence-corrected chi connectivity index (χ2v) is 16.9. The number of hydrogen-bond donors (Lipinski definition) is 1. The maximum absolute atomic E-state index is 12.7. The summed E-state index contributed by atoms with van der Waals surface area (Å²) in [6.07, 6.45) is 34.0. The third-order valence-electron chi connectivity index (χ3n) is 9.65. The first kappa shape index (κ1) is 48.9. The van der Waals surface area contributed by atoms with Gasteiger partial charge in [-0.3, -0.25) is 14.4 Å². The predicted molar refractivity (Wildman–Crippen MR) is 216 cm³/mol. The molecule has 296 valence electrons. The van der Waals surface area contributed by atoms with Crippen LogP contribution in [-0.4, -0.2) is 48.0 Å². The number of nitrogens with two attached hydrogens (primary N) is 1. The summed E-state index contributed by atoms with van der Waals surface area (Å²) in [5.41, 5.74) is 5.68. The Kier molecular flexibility index (Phi) is 34.2. The predicted octanol–water partition coefficient (Wildman–Crippen LogP) is 12.5. The smallest absolute Gasteiger partial charge is 0.306 e. The molecule has 0 aliphatic carbocycles. The fourth-order valence-corrected chi connectivity index (χ4v) is 7.37. The van der Waals surface area contributed by atoms with Crippen LogP contribution in [0.25, 0.3) is 0 Å². The largest absolute Gasteiger partial charge is 0.466 e. The normalized spacial score (nSPS) is 12.9. The topological polar surface area (TPSA) is 95.7 Å². The molecule has 2 atom stereocenters. The molecule has 0 saturated carbocycles. The van der Waals surface area contributed by atoms with Crippen molar-refractivity contribution in [1.82, 2.24) is 0 Å². The maximum Gasteiger partial charge on any atom is 0.306 e. The van der Waals surface area contributed by atoms with Gasteiger partial charge in [0.25, 0.3) is 0 Å². The molecule has 7 heteroatoms. The summed E-state index contributed by atoms with van der Waals surface area (Å²) in [4.78, 5) is 37.6. The monoisotopic (exact) mass is 726 g/mol. The van der Waals surface area contributed by atoms with Gasteiger partial charge in [-0.15, -0.1) is 0 Å². The van der Waals surface area contributed by atoms with E-state index in [0.29, 0.717) is 30.8 Å². The molecule has 0 spiro atoms. The first-order valence-electron chi connectivity index (χ1n) is 21.3. The lowest BCUT2D eigenvalue weighted by molar-refractivity contribution is -0.150. The highest BCUT2D eigenvalue weighted by Crippen LogP contribution is 2.20. The van der Waals surface area contributed by atoms with Crippen LogP contribution in [-0.2, 0) is 23.9 Å². The molecule has 0 saturated heterocycles. The van der Waals surface area contributed by atoms with Gasteiger partial charge in [0.2, 0.25) is 0 Å². The molecule has 0 rings (SSSR count). The van der Waals surface area contributed by atoms with Gasteiger partial charge in [0, 0.05) is 36.2 Å². The minimum Gasteiger partial charge on any atom is -0.466 e. The van der Waals surface area contributed by atoms with E-state index in [1.165, 1.54) is 147 Å². The van der Waals surface area contributed by atoms with Crippen LogP contribution in [0.4, 0.5) is 0 Å². The Bertz CT molecular complexity index is 799. The highest BCUT2D eigenvalue weighted by Gasteiger charge is 2.27. The van der Waals surface area contributed by atoms with Gasteiger partial charge >= 0.3 is 11.9 Å². The van der Waals surface area contributed by atoms with E-state index in [1.54, 1.807) is 0 Å². The lowest BCUT2D eigenvalue weighted by Crippen LogP contribution is -2.41. The van der Waals surface area contributed by atoms with E-state index in [2.05, 4.69) is 13.8 Å². The van der Waals surface area contributed by atoms with Crippen molar-refractivity contribution in [3.05, 3.63) is 0 Å². The third kappa shape index (κ3) is 32.8. The molecule has 0 aliphatic rings. The highest BCUT2D eigenvalue weighted by atomic mass is 32.2. The third-order valence-corrected chi connectivity index (χ3v) is 10.8. The van der Waals surface area contributed by atoms with Crippen molar-refractivity contribution in [3.63, 3.8) is 0 Å². The average molecular weight is 726 g/mol. The van der Waals surface area contributed by atoms with Crippen LogP contribution in [0.1, 0.15) is 221 Å². The zero-order valence-corrected chi connectivity index (χ0v) is 34.6. The van der Waals surface area contributed by atoms with Gasteiger partial charge < -0.3 is 15.2 Å². The Morgan fingerprint density at radius 1 is 0.540 bits per heavy atom. The number of thioether (sulfide) groups is 1. The van der Waals surface area contributed by atoms with E-state index in [-0.39, 0.29) is 30.4 Å². The van der Waals surface area contributed by atoms with E-state index in [9.17, 15) is 14.4 Å². The van der Waals surface area contributed by atoms with Crippen molar-refractivity contribution in [1.29, 1.82) is 0 Å². The number of Topliss-reactive ketones (excluding diaryl/α,β-unsaturated/α-hetero) is 1. The van der Waals surface area contributed by atoms with Crippen LogP contribution in [0, 0.1) is 5.41 Å². The first-order valence-corrected chi connectivity index (χ1v) is 22.5. The second-order valence-electron chi connectivity index (χ2n) is 15.9. The van der Waals surface area contributed by atoms with Gasteiger partial charge in [0.05, 0.1) is 12.6 Å². The Morgan fingerprint density at radius 2 is 0.900 bits per heavy atom. The molecule has 0 aliphatic heterocycles. The van der Waals surface area contributed by atoms with Crippen LogP contribution in [0.15, 0.2) is 0 Å². The van der Waals surface area contributed by atoms with Gasteiger partial charge in [-0.25, -0.2) is 0 Å². The van der Waals surface area contributed by atoms with E-state index in [4.69, 9.17) is 15.2 Å². The van der Waals surface area contributed by atoms with Crippen molar-refractivity contribution in [3.8, 4) is 0 Å². The lowest BCUT2D eigenvalue weighted by atomic mass is 9.87. The molecule has 0 amide bonds. The summed E-state index contributed by atoms with van der Waals surface area (Å²) < 4.78 is 11.4. The van der Waals surface area contributed by atoms with Crippen molar-refractivity contribution in [2.75, 3.05) is 18.1 Å². The Labute approximate surface area is 314 Å². The minimum atomic E-state index is -0.555. The molecule has 0 bridgehead atoms. The van der Waals surface area contributed by atoms with Crippen molar-refractivity contribution in [2.24, 2.45) is 11.1 Å². The molecular weight excluding hydrogens is 643 g/mol. The first-order chi connectivity index (χ1) is 24.1. The van der Waals surface area contributed by atoms with E-state index in [1.807, 2.05) is 20.8 Å². The number of ether oxygens (including phenoxy) is 2. The molecular formula is C43H83NO5S. The molecule has 50 heavy (non-hydrogen) atoms. The number of esters is 2. The Hall–Kier alpha value is -1.08. The number of rotatable bonds is 37. The van der Waals surface area contributed by atoms with Crippen LogP contribution in [0.3, 0.4) is 0 Å². The zero-order valence-electron chi connectivity index (χ0n) is 33.8. The summed E-state index contributed by atoms with van der Waals surface area (Å²) >= 11 is 1.53. The van der Waals surface area contributed by atoms with Gasteiger partial charge in [0.1, 0.15) is 6.10 Å². The number of ketones is 1. The summed E-state index contributed by atoms with van der Waals surface area (Å²) in [5.74, 6) is 0.680. The summed E-state index contributed by atoms with van der Waals surface area (Å²) in [6, 6.07) is -0.555. The molecule has 0 heterocycles. The molecule has 0 aromatic rings. The molecule has 2 N–H and O–H groups in total. The average Bonchev–Trinajstić information content (AvgIpc) is 3.07. The Morgan fingerprint density at radius 3 is 1.28 bits per heavy atom. The zero-order chi connectivity index (χ0) is 37.1. The standard InChI is InChI=1S/C43H83NO5S/c1-6-8-10-12-14-16-18-20-22-24-26-28-30-32-40(45)48-35-34-38(36-50-37-39(44)42(47)43(3,4)5)49-41(46)33-31-29-27-25-23-21-19-17-15-13-11-9-7-2/h38-39H,6-37,44H2,1-5H3/t38-,39+/m1/s1. The molecule has 0 radical (unpaired) electrons. The molecule has 0 unspecified atom stereocenters. The van der Waals surface area contributed by atoms with Gasteiger partial charge in [-0.1, -0.05) is 189 Å². The second kappa shape index (κ2) is 35.0. The molecule has 0 aromatic carbocycles. The van der Waals surface area contributed by atoms with Gasteiger partial charge in [-0.2, -0.15) is 11.8 Å². The van der Waals surface area contributed by atoms with Crippen LogP contribution < -0.4 is 5.73 Å². The molecule has 6 nitrogen and oxygen atoms in total. The number of unbranched alkanes of at least 4 members (excludes halogenated alkanes) is 24. The van der Waals surface area contributed by atoms with Crippen molar-refractivity contribution >= 4 is 29.5 Å². The number of hydrogen-bond acceptors (Lipinski definition) is 7. The summed E-state index contributed by atoms with van der Waals surface area (Å²) in [7, 11) is 0. The van der Waals surface area contributed by atoms with Gasteiger partial charge in [0.15, 0.2) is 5.78 Å².